The molecule has 1 aliphatic carbocycles. The summed E-state index contributed by atoms with van der Waals surface area (Å²) in [7, 11) is 0. The normalized spacial score (nSPS) is 43.0. The highest BCUT2D eigenvalue weighted by molar-refractivity contribution is 14.1. The number of hydrogen-bond acceptors (Lipinski definition) is 1. The van der Waals surface area contributed by atoms with Gasteiger partial charge in [-0.2, -0.15) is 0 Å². The van der Waals surface area contributed by atoms with E-state index < -0.39 is 0 Å². The Labute approximate surface area is 50.9 Å². The van der Waals surface area contributed by atoms with E-state index in [9.17, 15) is 0 Å². The van der Waals surface area contributed by atoms with Crippen LogP contribution in [0, 0.1) is 5.92 Å². The molecule has 1 unspecified atom stereocenters. The third kappa shape index (κ3) is 0.846. The maximum absolute atomic E-state index is 8.37. The summed E-state index contributed by atoms with van der Waals surface area (Å²) in [5.41, 5.74) is 0. The fraction of sp³-hybridized carbons (Fsp3) is 1.00. The molecule has 6 heavy (non-hydrogen) atoms. The molecule has 0 amide bonds. The summed E-state index contributed by atoms with van der Waals surface area (Å²) in [5.74, 6) is 0.644. The van der Waals surface area contributed by atoms with Crippen LogP contribution in [0.3, 0.4) is 0 Å². The molecule has 1 N–H and O–H groups in total. The number of aliphatic hydroxyl groups is 1. The van der Waals surface area contributed by atoms with Crippen LogP contribution in [-0.2, 0) is 0 Å². The number of rotatable bonds is 1. The fourth-order valence-electron chi connectivity index (χ4n) is 0.400. The predicted octanol–water partition coefficient (Wildman–Crippen LogP) is 0.802. The van der Waals surface area contributed by atoms with E-state index in [0.29, 0.717) is 12.5 Å². The fourth-order valence-corrected chi connectivity index (χ4v) is 1.28. The van der Waals surface area contributed by atoms with Gasteiger partial charge in [-0.15, -0.1) is 0 Å². The smallest absolute Gasteiger partial charge is 0.0469 e. The van der Waals surface area contributed by atoms with Crippen molar-refractivity contribution in [2.45, 2.75) is 10.3 Å². The summed E-state index contributed by atoms with van der Waals surface area (Å²) in [6, 6.07) is 0. The largest absolute Gasteiger partial charge is 0.396 e. The first-order chi connectivity index (χ1) is 2.84. The topological polar surface area (TPSA) is 20.2 Å². The minimum absolute atomic E-state index is 0.396. The molecule has 1 aliphatic rings. The Hall–Kier alpha value is 0.690. The second-order valence-corrected chi connectivity index (χ2v) is 3.29. The standard InChI is InChI=1S/C4H7IO/c5-4-1-3(4)2-6/h3-4,6H,1-2H2/t3?,4-/m0/s1. The molecule has 0 aliphatic heterocycles. The molecule has 0 bridgehead atoms. The van der Waals surface area contributed by atoms with E-state index in [0.717, 1.165) is 3.92 Å². The van der Waals surface area contributed by atoms with Crippen molar-refractivity contribution < 1.29 is 5.11 Å². The van der Waals surface area contributed by atoms with Gasteiger partial charge in [0.25, 0.3) is 0 Å². The second kappa shape index (κ2) is 1.66. The molecular formula is C4H7IO. The van der Waals surface area contributed by atoms with E-state index in [2.05, 4.69) is 22.6 Å². The van der Waals surface area contributed by atoms with Crippen LogP contribution in [0.1, 0.15) is 6.42 Å². The molecule has 0 aromatic heterocycles. The van der Waals surface area contributed by atoms with Crippen LogP contribution in [-0.4, -0.2) is 15.6 Å². The van der Waals surface area contributed by atoms with Gasteiger partial charge in [-0.25, -0.2) is 0 Å². The summed E-state index contributed by atoms with van der Waals surface area (Å²) in [4.78, 5) is 0. The number of aliphatic hydroxyl groups excluding tert-OH is 1. The minimum atomic E-state index is 0.396. The van der Waals surface area contributed by atoms with E-state index in [4.69, 9.17) is 5.11 Å². The zero-order chi connectivity index (χ0) is 4.57. The summed E-state index contributed by atoms with van der Waals surface area (Å²) in [6.07, 6.45) is 1.23. The van der Waals surface area contributed by atoms with E-state index in [1.807, 2.05) is 0 Å². The molecule has 36 valence electrons. The van der Waals surface area contributed by atoms with Crippen LogP contribution in [0.25, 0.3) is 0 Å². The van der Waals surface area contributed by atoms with Gasteiger partial charge < -0.3 is 5.11 Å². The lowest BCUT2D eigenvalue weighted by molar-refractivity contribution is 0.278. The maximum Gasteiger partial charge on any atom is 0.0469 e. The van der Waals surface area contributed by atoms with Gasteiger partial charge in [0.15, 0.2) is 0 Å². The van der Waals surface area contributed by atoms with Gasteiger partial charge in [0.2, 0.25) is 0 Å². The number of hydrogen-bond donors (Lipinski definition) is 1. The lowest BCUT2D eigenvalue weighted by Gasteiger charge is -1.78. The average molecular weight is 198 g/mol. The molecule has 1 nitrogen and oxygen atoms in total. The van der Waals surface area contributed by atoms with Crippen molar-refractivity contribution >= 4 is 22.6 Å². The SMILES string of the molecule is OCC1C[C@@H]1I. The molecule has 0 aromatic carbocycles. The molecule has 0 saturated heterocycles. The van der Waals surface area contributed by atoms with Crippen molar-refractivity contribution in [3.05, 3.63) is 0 Å². The molecule has 0 heterocycles. The van der Waals surface area contributed by atoms with Crippen LogP contribution >= 0.6 is 22.6 Å². The summed E-state index contributed by atoms with van der Waals surface area (Å²) < 4.78 is 0.785. The molecule has 1 fully saturated rings. The van der Waals surface area contributed by atoms with Gasteiger partial charge in [-0.1, -0.05) is 22.6 Å². The van der Waals surface area contributed by atoms with Crippen molar-refractivity contribution in [2.24, 2.45) is 5.92 Å². The first kappa shape index (κ1) is 4.84. The summed E-state index contributed by atoms with van der Waals surface area (Å²) in [5, 5.41) is 8.37. The Balaban J connectivity index is 2.09. The Morgan fingerprint density at radius 1 is 1.83 bits per heavy atom. The van der Waals surface area contributed by atoms with Gasteiger partial charge >= 0.3 is 0 Å². The summed E-state index contributed by atoms with van der Waals surface area (Å²) in [6.45, 7) is 0.396. The average Bonchev–Trinajstić information content (AvgIpc) is 2.19. The van der Waals surface area contributed by atoms with Crippen molar-refractivity contribution in [2.75, 3.05) is 6.61 Å². The van der Waals surface area contributed by atoms with Crippen molar-refractivity contribution in [1.82, 2.24) is 0 Å². The molecule has 1 rings (SSSR count). The van der Waals surface area contributed by atoms with E-state index in [1.165, 1.54) is 6.42 Å². The van der Waals surface area contributed by atoms with Crippen LogP contribution in [0.2, 0.25) is 0 Å². The van der Waals surface area contributed by atoms with Crippen LogP contribution in [0.15, 0.2) is 0 Å². The minimum Gasteiger partial charge on any atom is -0.396 e. The molecule has 1 saturated carbocycles. The quantitative estimate of drug-likeness (QED) is 0.488. The lowest BCUT2D eigenvalue weighted by atomic mass is 10.5. The van der Waals surface area contributed by atoms with Crippen LogP contribution in [0.4, 0.5) is 0 Å². The lowest BCUT2D eigenvalue weighted by Crippen LogP contribution is -1.84. The highest BCUT2D eigenvalue weighted by atomic mass is 127. The van der Waals surface area contributed by atoms with Gasteiger partial charge in [-0.3, -0.25) is 0 Å². The number of halogens is 1. The highest BCUT2D eigenvalue weighted by Gasteiger charge is 2.33. The maximum atomic E-state index is 8.37. The van der Waals surface area contributed by atoms with Crippen molar-refractivity contribution in [1.29, 1.82) is 0 Å². The van der Waals surface area contributed by atoms with E-state index >= 15 is 0 Å². The third-order valence-corrected chi connectivity index (χ3v) is 2.60. The van der Waals surface area contributed by atoms with Crippen LogP contribution < -0.4 is 0 Å². The van der Waals surface area contributed by atoms with Gasteiger partial charge in [-0.05, 0) is 12.3 Å². The zero-order valence-electron chi connectivity index (χ0n) is 3.39. The van der Waals surface area contributed by atoms with Crippen molar-refractivity contribution in [3.8, 4) is 0 Å². The van der Waals surface area contributed by atoms with Gasteiger partial charge in [0, 0.05) is 10.5 Å². The predicted molar refractivity (Wildman–Crippen MR) is 33.0 cm³/mol. The highest BCUT2D eigenvalue weighted by Crippen LogP contribution is 2.37. The Morgan fingerprint density at radius 3 is 2.33 bits per heavy atom. The third-order valence-electron chi connectivity index (χ3n) is 1.07. The molecule has 0 aromatic rings. The van der Waals surface area contributed by atoms with Gasteiger partial charge in [0.1, 0.15) is 0 Å². The van der Waals surface area contributed by atoms with Crippen molar-refractivity contribution in [3.63, 3.8) is 0 Å². The first-order valence-corrected chi connectivity index (χ1v) is 3.34. The summed E-state index contributed by atoms with van der Waals surface area (Å²) >= 11 is 2.36. The van der Waals surface area contributed by atoms with Gasteiger partial charge in [0.05, 0.1) is 0 Å². The molecular weight excluding hydrogens is 191 g/mol. The molecule has 0 spiro atoms. The van der Waals surface area contributed by atoms with E-state index in [1.54, 1.807) is 0 Å². The Morgan fingerprint density at radius 2 is 2.33 bits per heavy atom. The molecule has 2 atom stereocenters. The Bertz CT molecular complexity index is 53.5. The van der Waals surface area contributed by atoms with E-state index in [-0.39, 0.29) is 0 Å². The second-order valence-electron chi connectivity index (χ2n) is 1.69. The Kier molecular flexibility index (Phi) is 1.34. The zero-order valence-corrected chi connectivity index (χ0v) is 5.55. The molecule has 2 heteroatoms. The first-order valence-electron chi connectivity index (χ1n) is 2.09. The molecule has 0 radical (unpaired) electrons. The monoisotopic (exact) mass is 198 g/mol. The number of alkyl halides is 1. The van der Waals surface area contributed by atoms with Crippen LogP contribution in [0.5, 0.6) is 0 Å².